The highest BCUT2D eigenvalue weighted by Gasteiger charge is 2.31. The van der Waals surface area contributed by atoms with E-state index in [-0.39, 0.29) is 30.9 Å². The third-order valence-electron chi connectivity index (χ3n) is 5.77. The first-order valence-corrected chi connectivity index (χ1v) is 12.8. The number of nitrogens with zero attached hydrogens (tertiary/aromatic N) is 1. The molecule has 0 spiro atoms. The van der Waals surface area contributed by atoms with Crippen molar-refractivity contribution in [1.82, 2.24) is 10.2 Å². The fourth-order valence-electron chi connectivity index (χ4n) is 3.73. The SMILES string of the molecule is COc1ccc(OCC(=O)N(Cc2c(Cl)cccc2Cl)C(Cc2ccccc2)C(=O)NCC(C)C)cc1. The number of rotatable bonds is 12. The molecule has 8 heteroatoms. The molecule has 0 saturated heterocycles. The van der Waals surface area contributed by atoms with Gasteiger partial charge in [-0.1, -0.05) is 73.4 Å². The molecule has 2 amide bonds. The highest BCUT2D eigenvalue weighted by atomic mass is 35.5. The van der Waals surface area contributed by atoms with Crippen molar-refractivity contribution in [3.8, 4) is 11.5 Å². The van der Waals surface area contributed by atoms with E-state index in [1.54, 1.807) is 49.6 Å². The van der Waals surface area contributed by atoms with Crippen LogP contribution in [0, 0.1) is 5.92 Å². The van der Waals surface area contributed by atoms with Crippen LogP contribution in [0.4, 0.5) is 0 Å². The minimum atomic E-state index is -0.805. The zero-order valence-corrected chi connectivity index (χ0v) is 22.8. The van der Waals surface area contributed by atoms with Crippen molar-refractivity contribution in [2.24, 2.45) is 5.92 Å². The molecule has 0 saturated carbocycles. The summed E-state index contributed by atoms with van der Waals surface area (Å²) < 4.78 is 11.0. The number of hydrogen-bond donors (Lipinski definition) is 1. The average Bonchev–Trinajstić information content (AvgIpc) is 2.90. The van der Waals surface area contributed by atoms with Crippen LogP contribution in [0.3, 0.4) is 0 Å². The number of halogens is 2. The van der Waals surface area contributed by atoms with Crippen molar-refractivity contribution < 1.29 is 19.1 Å². The molecule has 0 aliphatic rings. The lowest BCUT2D eigenvalue weighted by atomic mass is 10.0. The van der Waals surface area contributed by atoms with E-state index in [2.05, 4.69) is 5.32 Å². The van der Waals surface area contributed by atoms with Crippen LogP contribution in [0.2, 0.25) is 10.0 Å². The predicted octanol–water partition coefficient (Wildman–Crippen LogP) is 5.79. The minimum absolute atomic E-state index is 0.0515. The van der Waals surface area contributed by atoms with E-state index in [9.17, 15) is 9.59 Å². The van der Waals surface area contributed by atoms with Crippen LogP contribution in [0.1, 0.15) is 25.0 Å². The van der Waals surface area contributed by atoms with E-state index < -0.39 is 6.04 Å². The van der Waals surface area contributed by atoms with Crippen LogP contribution in [0.25, 0.3) is 0 Å². The Morgan fingerprint density at radius 3 is 2.11 bits per heavy atom. The van der Waals surface area contributed by atoms with Crippen LogP contribution < -0.4 is 14.8 Å². The molecule has 3 rings (SSSR count). The van der Waals surface area contributed by atoms with Crippen molar-refractivity contribution in [2.75, 3.05) is 20.3 Å². The Labute approximate surface area is 228 Å². The van der Waals surface area contributed by atoms with Gasteiger partial charge in [-0.25, -0.2) is 0 Å². The zero-order chi connectivity index (χ0) is 26.8. The number of carbonyl (C=O) groups excluding carboxylic acids is 2. The number of carbonyl (C=O) groups is 2. The van der Waals surface area contributed by atoms with Crippen molar-refractivity contribution in [1.29, 1.82) is 0 Å². The monoisotopic (exact) mass is 542 g/mol. The molecule has 196 valence electrons. The van der Waals surface area contributed by atoms with E-state index >= 15 is 0 Å². The van der Waals surface area contributed by atoms with Crippen LogP contribution in [-0.2, 0) is 22.6 Å². The second-order valence-electron chi connectivity index (χ2n) is 9.03. The van der Waals surface area contributed by atoms with Gasteiger partial charge in [0.2, 0.25) is 5.91 Å². The number of amides is 2. The molecular weight excluding hydrogens is 511 g/mol. The van der Waals surface area contributed by atoms with E-state index in [0.29, 0.717) is 40.1 Å². The van der Waals surface area contributed by atoms with Gasteiger partial charge in [-0.3, -0.25) is 9.59 Å². The quantitative estimate of drug-likeness (QED) is 0.314. The molecule has 0 fully saturated rings. The fraction of sp³-hybridized carbons (Fsp3) is 0.310. The maximum Gasteiger partial charge on any atom is 0.261 e. The maximum atomic E-state index is 13.7. The van der Waals surface area contributed by atoms with Gasteiger partial charge in [0.1, 0.15) is 17.5 Å². The summed E-state index contributed by atoms with van der Waals surface area (Å²) in [6.07, 6.45) is 0.321. The first-order valence-electron chi connectivity index (χ1n) is 12.1. The summed E-state index contributed by atoms with van der Waals surface area (Å²) in [4.78, 5) is 28.6. The molecule has 0 aliphatic heterocycles. The van der Waals surface area contributed by atoms with Gasteiger partial charge in [-0.2, -0.15) is 0 Å². The van der Waals surface area contributed by atoms with Gasteiger partial charge in [0.15, 0.2) is 6.61 Å². The van der Waals surface area contributed by atoms with Crippen LogP contribution in [0.5, 0.6) is 11.5 Å². The summed E-state index contributed by atoms with van der Waals surface area (Å²) in [7, 11) is 1.58. The first kappa shape index (κ1) is 28.4. The summed E-state index contributed by atoms with van der Waals surface area (Å²) in [5, 5.41) is 3.82. The Hall–Kier alpha value is -3.22. The summed E-state index contributed by atoms with van der Waals surface area (Å²) in [5.74, 6) is 0.819. The van der Waals surface area contributed by atoms with Crippen molar-refractivity contribution in [3.63, 3.8) is 0 Å². The Morgan fingerprint density at radius 1 is 0.892 bits per heavy atom. The smallest absolute Gasteiger partial charge is 0.261 e. The highest BCUT2D eigenvalue weighted by molar-refractivity contribution is 6.36. The lowest BCUT2D eigenvalue weighted by Gasteiger charge is -2.32. The Bertz CT molecular complexity index is 1150. The first-order chi connectivity index (χ1) is 17.8. The molecule has 3 aromatic rings. The second kappa shape index (κ2) is 13.9. The molecule has 37 heavy (non-hydrogen) atoms. The number of benzene rings is 3. The highest BCUT2D eigenvalue weighted by Crippen LogP contribution is 2.27. The largest absolute Gasteiger partial charge is 0.497 e. The van der Waals surface area contributed by atoms with Gasteiger partial charge in [0, 0.05) is 35.1 Å². The Balaban J connectivity index is 1.93. The molecule has 1 atom stereocenters. The maximum absolute atomic E-state index is 13.7. The summed E-state index contributed by atoms with van der Waals surface area (Å²) >= 11 is 12.9. The van der Waals surface area contributed by atoms with Crippen LogP contribution >= 0.6 is 23.2 Å². The molecule has 6 nitrogen and oxygen atoms in total. The molecule has 0 bridgehead atoms. The second-order valence-corrected chi connectivity index (χ2v) is 9.84. The fourth-order valence-corrected chi connectivity index (χ4v) is 4.25. The lowest BCUT2D eigenvalue weighted by Crippen LogP contribution is -2.52. The van der Waals surface area contributed by atoms with Crippen molar-refractivity contribution in [2.45, 2.75) is 32.9 Å². The lowest BCUT2D eigenvalue weighted by molar-refractivity contribution is -0.142. The van der Waals surface area contributed by atoms with Gasteiger partial charge in [-0.15, -0.1) is 0 Å². The van der Waals surface area contributed by atoms with Crippen LogP contribution in [0.15, 0.2) is 72.8 Å². The van der Waals surface area contributed by atoms with E-state index in [1.165, 1.54) is 4.90 Å². The third-order valence-corrected chi connectivity index (χ3v) is 6.48. The molecule has 0 aromatic heterocycles. The Kier molecular flexibility index (Phi) is 10.7. The van der Waals surface area contributed by atoms with Crippen molar-refractivity contribution in [3.05, 3.63) is 94.0 Å². The normalized spacial score (nSPS) is 11.6. The van der Waals surface area contributed by atoms with Crippen LogP contribution in [-0.4, -0.2) is 43.0 Å². The van der Waals surface area contributed by atoms with Gasteiger partial charge < -0.3 is 19.7 Å². The molecule has 0 heterocycles. The zero-order valence-electron chi connectivity index (χ0n) is 21.2. The number of nitrogens with one attached hydrogen (secondary N) is 1. The van der Waals surface area contributed by atoms with Gasteiger partial charge >= 0.3 is 0 Å². The summed E-state index contributed by atoms with van der Waals surface area (Å²) in [5.41, 5.74) is 1.49. The topological polar surface area (TPSA) is 67.9 Å². The van der Waals surface area contributed by atoms with E-state index in [0.717, 1.165) is 5.56 Å². The number of methoxy groups -OCH3 is 1. The molecule has 0 aliphatic carbocycles. The molecule has 1 N–H and O–H groups in total. The third kappa shape index (κ3) is 8.41. The molecular formula is C29H32Cl2N2O4. The number of hydrogen-bond acceptors (Lipinski definition) is 4. The predicted molar refractivity (Wildman–Crippen MR) is 147 cm³/mol. The number of ether oxygens (including phenoxy) is 2. The molecule has 1 unspecified atom stereocenters. The summed E-state index contributed by atoms with van der Waals surface area (Å²) in [6, 6.07) is 20.9. The van der Waals surface area contributed by atoms with Gasteiger partial charge in [0.25, 0.3) is 5.91 Å². The van der Waals surface area contributed by atoms with E-state index in [4.69, 9.17) is 32.7 Å². The van der Waals surface area contributed by atoms with Gasteiger partial charge in [0.05, 0.1) is 7.11 Å². The minimum Gasteiger partial charge on any atom is -0.497 e. The molecule has 0 radical (unpaired) electrons. The average molecular weight is 543 g/mol. The van der Waals surface area contributed by atoms with Gasteiger partial charge in [-0.05, 0) is 47.9 Å². The van der Waals surface area contributed by atoms with Crippen molar-refractivity contribution >= 4 is 35.0 Å². The molecule has 3 aromatic carbocycles. The Morgan fingerprint density at radius 2 is 1.51 bits per heavy atom. The summed E-state index contributed by atoms with van der Waals surface area (Å²) in [6.45, 7) is 4.30. The standard InChI is InChI=1S/C29H32Cl2N2O4/c1-20(2)17-32-29(35)27(16-21-8-5-4-6-9-21)33(18-24-25(30)10-7-11-26(24)31)28(34)19-37-23-14-12-22(36-3)13-15-23/h4-15,20,27H,16-19H2,1-3H3,(H,32,35). The van der Waals surface area contributed by atoms with E-state index in [1.807, 2.05) is 44.2 Å².